The van der Waals surface area contributed by atoms with E-state index in [9.17, 15) is 8.42 Å². The van der Waals surface area contributed by atoms with Crippen molar-refractivity contribution in [2.24, 2.45) is 0 Å². The van der Waals surface area contributed by atoms with Crippen LogP contribution in [-0.4, -0.2) is 44.5 Å². The largest absolute Gasteiger partial charge is 0.303 e. The van der Waals surface area contributed by atoms with Gasteiger partial charge in [0, 0.05) is 12.6 Å². The minimum atomic E-state index is -2.77. The van der Waals surface area contributed by atoms with Crippen molar-refractivity contribution in [3.05, 3.63) is 35.9 Å². The minimum Gasteiger partial charge on any atom is -0.303 e. The van der Waals surface area contributed by atoms with Crippen LogP contribution in [-0.2, 0) is 9.84 Å². The molecule has 0 aromatic heterocycles. The molecular weight excluding hydrogens is 282 g/mol. The summed E-state index contributed by atoms with van der Waals surface area (Å²) in [6.07, 6.45) is 3.92. The van der Waals surface area contributed by atoms with Crippen LogP contribution in [0, 0.1) is 0 Å². The van der Waals surface area contributed by atoms with Crippen molar-refractivity contribution < 1.29 is 8.42 Å². The first-order chi connectivity index (χ1) is 10.0. The van der Waals surface area contributed by atoms with Gasteiger partial charge in [0.1, 0.15) is 9.84 Å². The number of likely N-dealkylation sites (N-methyl/N-ethyl adjacent to an activating group) is 1. The fourth-order valence-corrected chi connectivity index (χ4v) is 4.72. The number of benzene rings is 1. The maximum Gasteiger partial charge on any atom is 0.150 e. The standard InChI is InChI=1S/C17H27NO2S/c1-3-7-16(15-8-5-4-6-9-15)14-18(2)17-10-12-21(19,20)13-11-17/h4-6,8-9,16-17H,3,7,10-14H2,1-2H3. The number of sulfone groups is 1. The van der Waals surface area contributed by atoms with Gasteiger partial charge in [-0.15, -0.1) is 0 Å². The molecule has 1 atom stereocenters. The number of hydrogen-bond donors (Lipinski definition) is 0. The van der Waals surface area contributed by atoms with Crippen LogP contribution in [0.3, 0.4) is 0 Å². The Morgan fingerprint density at radius 2 is 1.81 bits per heavy atom. The third-order valence-corrected chi connectivity index (χ3v) is 6.28. The zero-order valence-corrected chi connectivity index (χ0v) is 14.0. The van der Waals surface area contributed by atoms with Crippen LogP contribution in [0.25, 0.3) is 0 Å². The summed E-state index contributed by atoms with van der Waals surface area (Å²) in [6.45, 7) is 3.24. The second-order valence-corrected chi connectivity index (χ2v) is 8.52. The van der Waals surface area contributed by atoms with E-state index in [-0.39, 0.29) is 0 Å². The summed E-state index contributed by atoms with van der Waals surface area (Å²) < 4.78 is 23.1. The molecule has 0 bridgehead atoms. The van der Waals surface area contributed by atoms with Gasteiger partial charge < -0.3 is 4.90 Å². The highest BCUT2D eigenvalue weighted by molar-refractivity contribution is 7.91. The van der Waals surface area contributed by atoms with Crippen LogP contribution in [0.15, 0.2) is 30.3 Å². The quantitative estimate of drug-likeness (QED) is 0.810. The second-order valence-electron chi connectivity index (χ2n) is 6.22. The molecule has 0 radical (unpaired) electrons. The Morgan fingerprint density at radius 3 is 2.38 bits per heavy atom. The van der Waals surface area contributed by atoms with Crippen molar-refractivity contribution in [3.63, 3.8) is 0 Å². The lowest BCUT2D eigenvalue weighted by molar-refractivity contribution is 0.210. The van der Waals surface area contributed by atoms with Crippen molar-refractivity contribution in [1.29, 1.82) is 0 Å². The van der Waals surface area contributed by atoms with Crippen LogP contribution in [0.2, 0.25) is 0 Å². The molecule has 0 spiro atoms. The molecule has 1 fully saturated rings. The van der Waals surface area contributed by atoms with E-state index >= 15 is 0 Å². The predicted molar refractivity (Wildman–Crippen MR) is 88.4 cm³/mol. The summed E-state index contributed by atoms with van der Waals surface area (Å²) in [7, 11) is -0.620. The minimum absolute atomic E-state index is 0.353. The molecule has 1 aromatic rings. The van der Waals surface area contributed by atoms with Gasteiger partial charge >= 0.3 is 0 Å². The Bertz CT molecular complexity index is 513. The van der Waals surface area contributed by atoms with Gasteiger partial charge in [-0.05, 0) is 37.8 Å². The van der Waals surface area contributed by atoms with Gasteiger partial charge in [-0.1, -0.05) is 43.7 Å². The van der Waals surface area contributed by atoms with E-state index in [4.69, 9.17) is 0 Å². The summed E-state index contributed by atoms with van der Waals surface area (Å²) in [5.41, 5.74) is 1.40. The summed E-state index contributed by atoms with van der Waals surface area (Å²) in [4.78, 5) is 2.38. The van der Waals surface area contributed by atoms with Crippen LogP contribution in [0.5, 0.6) is 0 Å². The van der Waals surface area contributed by atoms with Gasteiger partial charge in [-0.2, -0.15) is 0 Å². The molecule has 1 heterocycles. The zero-order valence-electron chi connectivity index (χ0n) is 13.2. The Kier molecular flexibility index (Phi) is 5.82. The molecule has 1 aromatic carbocycles. The van der Waals surface area contributed by atoms with E-state index in [1.54, 1.807) is 0 Å². The maximum atomic E-state index is 11.5. The molecule has 3 nitrogen and oxygen atoms in total. The molecule has 2 rings (SSSR count). The fourth-order valence-electron chi connectivity index (χ4n) is 3.25. The second kappa shape index (κ2) is 7.41. The Hall–Kier alpha value is -0.870. The van der Waals surface area contributed by atoms with Gasteiger partial charge in [-0.25, -0.2) is 8.42 Å². The van der Waals surface area contributed by atoms with Crippen molar-refractivity contribution in [3.8, 4) is 0 Å². The SMILES string of the molecule is CCCC(CN(C)C1CCS(=O)(=O)CC1)c1ccccc1. The number of nitrogens with zero attached hydrogens (tertiary/aromatic N) is 1. The highest BCUT2D eigenvalue weighted by atomic mass is 32.2. The van der Waals surface area contributed by atoms with Crippen molar-refractivity contribution in [1.82, 2.24) is 4.90 Å². The molecule has 1 aliphatic rings. The van der Waals surface area contributed by atoms with Crippen LogP contribution < -0.4 is 0 Å². The third-order valence-electron chi connectivity index (χ3n) is 4.56. The molecule has 4 heteroatoms. The van der Waals surface area contributed by atoms with E-state index in [0.717, 1.165) is 19.4 Å². The molecule has 1 saturated heterocycles. The molecule has 0 saturated carbocycles. The molecule has 1 unspecified atom stereocenters. The lowest BCUT2D eigenvalue weighted by Crippen LogP contribution is -2.40. The summed E-state index contributed by atoms with van der Waals surface area (Å²) >= 11 is 0. The summed E-state index contributed by atoms with van der Waals surface area (Å²) in [6, 6.07) is 11.1. The van der Waals surface area contributed by atoms with Gasteiger partial charge in [0.25, 0.3) is 0 Å². The normalized spacial score (nSPS) is 20.5. The first kappa shape index (κ1) is 16.5. The van der Waals surface area contributed by atoms with Crippen molar-refractivity contribution in [2.45, 2.75) is 44.6 Å². The third kappa shape index (κ3) is 4.82. The molecule has 0 aliphatic carbocycles. The van der Waals surface area contributed by atoms with E-state index in [2.05, 4.69) is 49.2 Å². The average molecular weight is 309 g/mol. The van der Waals surface area contributed by atoms with Gasteiger partial charge in [0.05, 0.1) is 11.5 Å². The molecule has 21 heavy (non-hydrogen) atoms. The molecule has 0 amide bonds. The van der Waals surface area contributed by atoms with E-state index < -0.39 is 9.84 Å². The van der Waals surface area contributed by atoms with Gasteiger partial charge in [-0.3, -0.25) is 0 Å². The van der Waals surface area contributed by atoms with Crippen molar-refractivity contribution >= 4 is 9.84 Å². The zero-order chi connectivity index (χ0) is 15.3. The molecule has 1 aliphatic heterocycles. The van der Waals surface area contributed by atoms with Gasteiger partial charge in [0.15, 0.2) is 0 Å². The van der Waals surface area contributed by atoms with E-state index in [1.165, 1.54) is 18.4 Å². The first-order valence-corrected chi connectivity index (χ1v) is 9.79. The highest BCUT2D eigenvalue weighted by Crippen LogP contribution is 2.25. The molecule has 118 valence electrons. The van der Waals surface area contributed by atoms with Crippen LogP contribution >= 0.6 is 0 Å². The lowest BCUT2D eigenvalue weighted by atomic mass is 9.93. The number of rotatable bonds is 6. The molecular formula is C17H27NO2S. The van der Waals surface area contributed by atoms with Gasteiger partial charge in [0.2, 0.25) is 0 Å². The van der Waals surface area contributed by atoms with E-state index in [0.29, 0.717) is 23.5 Å². The lowest BCUT2D eigenvalue weighted by Gasteiger charge is -2.33. The Balaban J connectivity index is 1.97. The fraction of sp³-hybridized carbons (Fsp3) is 0.647. The number of hydrogen-bond acceptors (Lipinski definition) is 3. The summed E-state index contributed by atoms with van der Waals surface area (Å²) in [5, 5.41) is 0. The van der Waals surface area contributed by atoms with Crippen LogP contribution in [0.1, 0.15) is 44.1 Å². The first-order valence-electron chi connectivity index (χ1n) is 7.97. The van der Waals surface area contributed by atoms with E-state index in [1.807, 2.05) is 0 Å². The smallest absolute Gasteiger partial charge is 0.150 e. The Morgan fingerprint density at radius 1 is 1.19 bits per heavy atom. The van der Waals surface area contributed by atoms with Crippen LogP contribution in [0.4, 0.5) is 0 Å². The predicted octanol–water partition coefficient (Wildman–Crippen LogP) is 3.08. The topological polar surface area (TPSA) is 37.4 Å². The Labute approximate surface area is 129 Å². The highest BCUT2D eigenvalue weighted by Gasteiger charge is 2.27. The maximum absolute atomic E-state index is 11.5. The average Bonchev–Trinajstić information content (AvgIpc) is 2.47. The molecule has 0 N–H and O–H groups in total. The van der Waals surface area contributed by atoms with Crippen molar-refractivity contribution in [2.75, 3.05) is 25.1 Å². The monoisotopic (exact) mass is 309 g/mol. The summed E-state index contributed by atoms with van der Waals surface area (Å²) in [5.74, 6) is 1.25.